The minimum atomic E-state index is -0.518. The average molecular weight is 382 g/mol. The van der Waals surface area contributed by atoms with E-state index in [4.69, 9.17) is 22.2 Å². The lowest BCUT2D eigenvalue weighted by atomic mass is 9.87. The Bertz CT molecular complexity index is 997. The number of benzene rings is 2. The van der Waals surface area contributed by atoms with Gasteiger partial charge in [-0.1, -0.05) is 41.9 Å². The van der Waals surface area contributed by atoms with Crippen LogP contribution >= 0.6 is 11.6 Å². The van der Waals surface area contributed by atoms with E-state index in [1.165, 1.54) is 11.1 Å². The smallest absolute Gasteiger partial charge is 0.266 e. The van der Waals surface area contributed by atoms with E-state index in [0.717, 1.165) is 17.3 Å². The third-order valence-corrected chi connectivity index (χ3v) is 5.13. The number of fused-ring (bicyclic) bond motifs is 1. The fourth-order valence-electron chi connectivity index (χ4n) is 3.59. The van der Waals surface area contributed by atoms with Gasteiger partial charge in [0.25, 0.3) is 5.91 Å². The van der Waals surface area contributed by atoms with Crippen molar-refractivity contribution in [2.75, 3.05) is 0 Å². The highest BCUT2D eigenvalue weighted by Gasteiger charge is 2.26. The molecule has 1 aliphatic heterocycles. The Morgan fingerprint density at radius 3 is 2.78 bits per heavy atom. The van der Waals surface area contributed by atoms with Crippen LogP contribution in [0, 0.1) is 0 Å². The number of primary amides is 1. The van der Waals surface area contributed by atoms with Gasteiger partial charge in [0.05, 0.1) is 0 Å². The molecule has 2 heterocycles. The summed E-state index contributed by atoms with van der Waals surface area (Å²) >= 11 is 6.23. The van der Waals surface area contributed by atoms with Gasteiger partial charge in [-0.05, 0) is 54.2 Å². The van der Waals surface area contributed by atoms with Crippen LogP contribution in [0.5, 0.6) is 0 Å². The zero-order valence-electron chi connectivity index (χ0n) is 14.6. The van der Waals surface area contributed by atoms with Crippen LogP contribution in [0.2, 0.25) is 5.02 Å². The maximum absolute atomic E-state index is 11.4. The van der Waals surface area contributed by atoms with E-state index in [0.29, 0.717) is 17.1 Å². The molecule has 2 unspecified atom stereocenters. The second-order valence-electron chi connectivity index (χ2n) is 6.76. The summed E-state index contributed by atoms with van der Waals surface area (Å²) in [5.74, 6) is -0.342. The number of carbonyl (C=O) groups is 1. The number of halogens is 1. The molecule has 0 spiro atoms. The van der Waals surface area contributed by atoms with Gasteiger partial charge in [0.2, 0.25) is 0 Å². The minimum absolute atomic E-state index is 0.176. The summed E-state index contributed by atoms with van der Waals surface area (Å²) in [5, 5.41) is 1.81. The molecule has 0 bridgehead atoms. The van der Waals surface area contributed by atoms with Crippen molar-refractivity contribution in [1.29, 1.82) is 0 Å². The molecule has 138 valence electrons. The summed E-state index contributed by atoms with van der Waals surface area (Å²) in [5.41, 5.74) is 11.7. The minimum Gasteiger partial charge on any atom is -0.364 e. The second kappa shape index (κ2) is 7.47. The monoisotopic (exact) mass is 381 g/mol. The number of hydroxylamine groups is 1. The molecule has 4 rings (SSSR count). The van der Waals surface area contributed by atoms with Gasteiger partial charge in [0, 0.05) is 22.1 Å². The first-order valence-corrected chi connectivity index (χ1v) is 9.21. The predicted molar refractivity (Wildman–Crippen MR) is 106 cm³/mol. The number of nitrogens with one attached hydrogen (secondary N) is 2. The van der Waals surface area contributed by atoms with Crippen molar-refractivity contribution in [3.05, 3.63) is 82.7 Å². The molecule has 0 aliphatic carbocycles. The number of aromatic amines is 1. The van der Waals surface area contributed by atoms with E-state index in [1.54, 1.807) is 6.08 Å². The third kappa shape index (κ3) is 3.84. The van der Waals surface area contributed by atoms with Crippen LogP contribution in [-0.4, -0.2) is 17.0 Å². The molecule has 0 saturated carbocycles. The summed E-state index contributed by atoms with van der Waals surface area (Å²) in [6.07, 6.45) is 5.11. The van der Waals surface area contributed by atoms with Crippen LogP contribution in [-0.2, 0) is 16.1 Å². The van der Waals surface area contributed by atoms with E-state index in [9.17, 15) is 4.79 Å². The summed E-state index contributed by atoms with van der Waals surface area (Å²) in [4.78, 5) is 20.2. The van der Waals surface area contributed by atoms with Gasteiger partial charge >= 0.3 is 0 Å². The van der Waals surface area contributed by atoms with E-state index < -0.39 is 5.91 Å². The van der Waals surface area contributed by atoms with Crippen LogP contribution in [0.3, 0.4) is 0 Å². The van der Waals surface area contributed by atoms with E-state index in [1.807, 2.05) is 42.6 Å². The fourth-order valence-corrected chi connectivity index (χ4v) is 3.77. The molecule has 0 radical (unpaired) electrons. The van der Waals surface area contributed by atoms with Crippen molar-refractivity contribution in [2.45, 2.75) is 24.9 Å². The fraction of sp³-hybridized carbons (Fsp3) is 0.190. The normalized spacial score (nSPS) is 17.5. The highest BCUT2D eigenvalue weighted by Crippen LogP contribution is 2.34. The van der Waals surface area contributed by atoms with Gasteiger partial charge in [-0.25, -0.2) is 0 Å². The van der Waals surface area contributed by atoms with Crippen molar-refractivity contribution in [1.82, 2.24) is 10.5 Å². The van der Waals surface area contributed by atoms with Crippen molar-refractivity contribution < 1.29 is 9.63 Å². The topological polar surface area (TPSA) is 80.1 Å². The maximum Gasteiger partial charge on any atom is 0.266 e. The van der Waals surface area contributed by atoms with Crippen LogP contribution in [0.1, 0.15) is 23.5 Å². The van der Waals surface area contributed by atoms with Gasteiger partial charge in [-0.3, -0.25) is 15.1 Å². The SMILES string of the molecule is NC(=O)C1=CC(CC(Cc2ccccc2)c2c[nH]c3ccc(Cl)cc23)ON1. The third-order valence-electron chi connectivity index (χ3n) is 4.90. The first-order chi connectivity index (χ1) is 13.1. The quantitative estimate of drug-likeness (QED) is 0.607. The lowest BCUT2D eigenvalue weighted by molar-refractivity contribution is -0.115. The Morgan fingerprint density at radius 1 is 1.22 bits per heavy atom. The van der Waals surface area contributed by atoms with Crippen LogP contribution < -0.4 is 11.2 Å². The zero-order valence-corrected chi connectivity index (χ0v) is 15.4. The molecule has 0 fully saturated rings. The van der Waals surface area contributed by atoms with Crippen LogP contribution in [0.4, 0.5) is 0 Å². The number of H-pyrrole nitrogens is 1. The Morgan fingerprint density at radius 2 is 2.04 bits per heavy atom. The molecule has 1 aromatic heterocycles. The highest BCUT2D eigenvalue weighted by molar-refractivity contribution is 6.31. The number of amides is 1. The lowest BCUT2D eigenvalue weighted by Gasteiger charge is -2.19. The standard InChI is InChI=1S/C21H20ClN3O2/c22-15-6-7-19-17(10-15)18(12-24-19)14(8-13-4-2-1-3-5-13)9-16-11-20(21(23)26)25-27-16/h1-7,10-12,14,16,24-25H,8-9H2,(H2,23,26). The number of aromatic nitrogens is 1. The highest BCUT2D eigenvalue weighted by atomic mass is 35.5. The molecule has 27 heavy (non-hydrogen) atoms. The molecule has 2 atom stereocenters. The van der Waals surface area contributed by atoms with Gasteiger partial charge in [-0.2, -0.15) is 0 Å². The predicted octanol–water partition coefficient (Wildman–Crippen LogP) is 3.81. The number of hydrogen-bond acceptors (Lipinski definition) is 3. The lowest BCUT2D eigenvalue weighted by Crippen LogP contribution is -2.22. The van der Waals surface area contributed by atoms with E-state index in [2.05, 4.69) is 22.6 Å². The molecular weight excluding hydrogens is 362 g/mol. The maximum atomic E-state index is 11.4. The summed E-state index contributed by atoms with van der Waals surface area (Å²) in [6.45, 7) is 0. The molecule has 1 amide bonds. The Balaban J connectivity index is 1.67. The van der Waals surface area contributed by atoms with Crippen molar-refractivity contribution in [3.8, 4) is 0 Å². The van der Waals surface area contributed by atoms with Gasteiger partial charge < -0.3 is 10.7 Å². The first-order valence-electron chi connectivity index (χ1n) is 8.84. The summed E-state index contributed by atoms with van der Waals surface area (Å²) in [7, 11) is 0. The second-order valence-corrected chi connectivity index (χ2v) is 7.20. The Kier molecular flexibility index (Phi) is 4.88. The van der Waals surface area contributed by atoms with Gasteiger partial charge in [0.1, 0.15) is 11.8 Å². The van der Waals surface area contributed by atoms with E-state index in [-0.39, 0.29) is 12.0 Å². The van der Waals surface area contributed by atoms with Crippen LogP contribution in [0.15, 0.2) is 66.5 Å². The van der Waals surface area contributed by atoms with Gasteiger partial charge in [0.15, 0.2) is 0 Å². The molecule has 0 saturated heterocycles. The average Bonchev–Trinajstić information content (AvgIpc) is 3.29. The largest absolute Gasteiger partial charge is 0.364 e. The van der Waals surface area contributed by atoms with Crippen molar-refractivity contribution in [3.63, 3.8) is 0 Å². The molecule has 3 aromatic rings. The van der Waals surface area contributed by atoms with E-state index >= 15 is 0 Å². The number of nitrogens with two attached hydrogens (primary N) is 1. The molecule has 6 heteroatoms. The Labute approximate surface area is 162 Å². The molecular formula is C21H20ClN3O2. The van der Waals surface area contributed by atoms with Crippen molar-refractivity contribution in [2.24, 2.45) is 5.73 Å². The number of hydrogen-bond donors (Lipinski definition) is 3. The zero-order chi connectivity index (χ0) is 18.8. The molecule has 5 nitrogen and oxygen atoms in total. The Hall–Kier alpha value is -2.76. The summed E-state index contributed by atoms with van der Waals surface area (Å²) in [6, 6.07) is 16.2. The number of rotatable bonds is 6. The van der Waals surface area contributed by atoms with Crippen LogP contribution in [0.25, 0.3) is 10.9 Å². The number of carbonyl (C=O) groups excluding carboxylic acids is 1. The van der Waals surface area contributed by atoms with Gasteiger partial charge in [-0.15, -0.1) is 0 Å². The molecule has 2 aromatic carbocycles. The first kappa shape index (κ1) is 17.6. The van der Waals surface area contributed by atoms with Crippen molar-refractivity contribution >= 4 is 28.4 Å². The molecule has 4 N–H and O–H groups in total. The summed E-state index contributed by atoms with van der Waals surface area (Å²) < 4.78 is 0. The molecule has 1 aliphatic rings.